The fraction of sp³-hybridized carbons (Fsp3) is 0.133. The van der Waals surface area contributed by atoms with Gasteiger partial charge in [-0.25, -0.2) is 0 Å². The van der Waals surface area contributed by atoms with E-state index in [1.807, 2.05) is 30.3 Å². The number of hydrogen-bond acceptors (Lipinski definition) is 4. The third-order valence-electron chi connectivity index (χ3n) is 3.09. The van der Waals surface area contributed by atoms with E-state index >= 15 is 0 Å². The van der Waals surface area contributed by atoms with E-state index in [0.717, 1.165) is 5.56 Å². The number of carbonyl (C=O) groups is 1. The zero-order valence-corrected chi connectivity index (χ0v) is 13.7. The Hall–Kier alpha value is -1.85. The summed E-state index contributed by atoms with van der Waals surface area (Å²) < 4.78 is 24.8. The Morgan fingerprint density at radius 2 is 2.05 bits per heavy atom. The Bertz CT molecular complexity index is 693. The molecule has 116 valence electrons. The van der Waals surface area contributed by atoms with E-state index in [9.17, 15) is 12.6 Å². The minimum atomic E-state index is -5.00. The molecule has 2 atom stereocenters. The first kappa shape index (κ1) is 16.5. The number of hydrogen-bond donors (Lipinski definition) is 3. The predicted molar refractivity (Wildman–Crippen MR) is 81.6 cm³/mol. The second-order valence-corrected chi connectivity index (χ2v) is 8.62. The Morgan fingerprint density at radius 3 is 2.64 bits per heavy atom. The summed E-state index contributed by atoms with van der Waals surface area (Å²) in [6.45, 7) is 1.35. The zero-order valence-electron chi connectivity index (χ0n) is 11.8. The molecule has 0 aliphatic heterocycles. The van der Waals surface area contributed by atoms with E-state index in [1.54, 1.807) is 18.2 Å². The van der Waals surface area contributed by atoms with E-state index < -0.39 is 18.9 Å². The fourth-order valence-electron chi connectivity index (χ4n) is 2.15. The molecule has 1 aromatic rings. The van der Waals surface area contributed by atoms with Gasteiger partial charge in [-0.05, 0) is 0 Å². The molecule has 0 spiro atoms. The average molecular weight is 365 g/mol. The Balaban J connectivity index is 2.50. The van der Waals surface area contributed by atoms with Crippen LogP contribution in [0, 0.1) is 0 Å². The van der Waals surface area contributed by atoms with Gasteiger partial charge in [-0.2, -0.15) is 0 Å². The number of allylic oxidation sites excluding steroid dienone is 4. The first-order valence-electron chi connectivity index (χ1n) is 6.53. The van der Waals surface area contributed by atoms with Crippen LogP contribution in [0.5, 0.6) is 0 Å². The fourth-order valence-corrected chi connectivity index (χ4v) is 4.21. The molecule has 0 bridgehead atoms. The van der Waals surface area contributed by atoms with Crippen molar-refractivity contribution in [2.45, 2.75) is 11.6 Å². The Labute approximate surface area is 130 Å². The molecule has 2 rings (SSSR count). The van der Waals surface area contributed by atoms with Gasteiger partial charge in [0, 0.05) is 0 Å². The topological polar surface area (TPSA) is 95.9 Å². The summed E-state index contributed by atoms with van der Waals surface area (Å²) >= 11 is -5.00. The van der Waals surface area contributed by atoms with E-state index in [0.29, 0.717) is 11.3 Å². The standard InChI is InChI=1S/C15H16AsNO5/c1-11(18)17-15-9-5-8-14(16(19,20)22-21)13(15)10-12-6-3-2-4-7-12/h2-10,14,21H,1H3,(H,17,18)(H,19,20). The summed E-state index contributed by atoms with van der Waals surface area (Å²) in [5.41, 5.74) is 1.60. The third kappa shape index (κ3) is 3.87. The van der Waals surface area contributed by atoms with Crippen LogP contribution in [0.1, 0.15) is 12.5 Å². The monoisotopic (exact) mass is 365 g/mol. The summed E-state index contributed by atoms with van der Waals surface area (Å²) in [7, 11) is 0. The van der Waals surface area contributed by atoms with Gasteiger partial charge in [-0.3, -0.25) is 0 Å². The van der Waals surface area contributed by atoms with Gasteiger partial charge in [0.05, 0.1) is 0 Å². The van der Waals surface area contributed by atoms with Crippen LogP contribution in [0.25, 0.3) is 6.08 Å². The van der Waals surface area contributed by atoms with Gasteiger partial charge in [-0.15, -0.1) is 0 Å². The van der Waals surface area contributed by atoms with E-state index in [1.165, 1.54) is 13.0 Å². The van der Waals surface area contributed by atoms with Crippen molar-refractivity contribution in [3.8, 4) is 0 Å². The molecule has 1 aliphatic rings. The Kier molecular flexibility index (Phi) is 5.21. The van der Waals surface area contributed by atoms with E-state index in [4.69, 9.17) is 5.26 Å². The van der Waals surface area contributed by atoms with Gasteiger partial charge in [0.1, 0.15) is 0 Å². The van der Waals surface area contributed by atoms with Crippen molar-refractivity contribution in [1.82, 2.24) is 5.32 Å². The van der Waals surface area contributed by atoms with Crippen LogP contribution in [-0.2, 0) is 12.4 Å². The average Bonchev–Trinajstić information content (AvgIpc) is 2.49. The molecule has 6 nitrogen and oxygen atoms in total. The van der Waals surface area contributed by atoms with Crippen molar-refractivity contribution in [3.63, 3.8) is 0 Å². The minimum absolute atomic E-state index is 0.302. The quantitative estimate of drug-likeness (QED) is 0.430. The zero-order chi connectivity index (χ0) is 16.2. The van der Waals surface area contributed by atoms with Crippen LogP contribution >= 0.6 is 0 Å². The number of amides is 1. The van der Waals surface area contributed by atoms with Gasteiger partial charge in [0.15, 0.2) is 0 Å². The molecule has 3 N–H and O–H groups in total. The Morgan fingerprint density at radius 1 is 1.36 bits per heavy atom. The summed E-state index contributed by atoms with van der Waals surface area (Å²) in [6, 6.07) is 9.15. The molecule has 1 aromatic carbocycles. The van der Waals surface area contributed by atoms with E-state index in [-0.39, 0.29) is 5.91 Å². The number of benzene rings is 1. The van der Waals surface area contributed by atoms with E-state index in [2.05, 4.69) is 9.19 Å². The van der Waals surface area contributed by atoms with Gasteiger partial charge in [0.25, 0.3) is 0 Å². The van der Waals surface area contributed by atoms with Crippen LogP contribution < -0.4 is 5.32 Å². The van der Waals surface area contributed by atoms with Gasteiger partial charge in [-0.1, -0.05) is 0 Å². The van der Waals surface area contributed by atoms with Crippen LogP contribution in [0.3, 0.4) is 0 Å². The van der Waals surface area contributed by atoms with Crippen molar-refractivity contribution in [2.75, 3.05) is 0 Å². The normalized spacial score (nSPS) is 22.0. The van der Waals surface area contributed by atoms with Crippen molar-refractivity contribution < 1.29 is 21.8 Å². The van der Waals surface area contributed by atoms with Gasteiger partial charge < -0.3 is 0 Å². The van der Waals surface area contributed by atoms with Crippen LogP contribution in [0.4, 0.5) is 0 Å². The molecule has 0 fully saturated rings. The van der Waals surface area contributed by atoms with Crippen molar-refractivity contribution in [3.05, 3.63) is 65.4 Å². The van der Waals surface area contributed by atoms with Crippen LogP contribution in [0.15, 0.2) is 59.8 Å². The van der Waals surface area contributed by atoms with Crippen LogP contribution in [-0.4, -0.2) is 29.4 Å². The van der Waals surface area contributed by atoms with Crippen molar-refractivity contribution >= 4 is 26.2 Å². The van der Waals surface area contributed by atoms with Crippen molar-refractivity contribution in [2.24, 2.45) is 0 Å². The van der Waals surface area contributed by atoms with Crippen LogP contribution in [0.2, 0.25) is 4.71 Å². The first-order valence-corrected chi connectivity index (χ1v) is 9.98. The number of nitrogens with one attached hydrogen (secondary N) is 1. The number of rotatable bonds is 4. The molecule has 2 unspecified atom stereocenters. The second kappa shape index (κ2) is 6.94. The third-order valence-corrected chi connectivity index (χ3v) is 6.00. The molecule has 0 saturated carbocycles. The summed E-state index contributed by atoms with van der Waals surface area (Å²) in [5.74, 6) is -0.302. The molecule has 7 heteroatoms. The number of carbonyl (C=O) groups excluding carboxylic acids is 1. The molecule has 1 aliphatic carbocycles. The molecule has 22 heavy (non-hydrogen) atoms. The van der Waals surface area contributed by atoms with Gasteiger partial charge >= 0.3 is 130 Å². The van der Waals surface area contributed by atoms with Crippen molar-refractivity contribution in [1.29, 1.82) is 0 Å². The second-order valence-electron chi connectivity index (χ2n) is 4.75. The SMILES string of the molecule is CC(=O)NC1=CC=CC([As](=O)(O)OO)C1=Cc1ccccc1. The molecular weight excluding hydrogens is 349 g/mol. The molecule has 0 aromatic heterocycles. The molecular formula is C15H16AsNO5. The molecule has 0 radical (unpaired) electrons. The summed E-state index contributed by atoms with van der Waals surface area (Å²) in [6.07, 6.45) is 6.32. The molecule has 1 amide bonds. The molecule has 0 saturated heterocycles. The van der Waals surface area contributed by atoms with Gasteiger partial charge in [0.2, 0.25) is 0 Å². The predicted octanol–water partition coefficient (Wildman–Crippen LogP) is 1.88. The maximum absolute atomic E-state index is 12.1. The summed E-state index contributed by atoms with van der Waals surface area (Å²) in [4.78, 5) is 11.3. The first-order chi connectivity index (χ1) is 10.4. The molecule has 0 heterocycles. The summed E-state index contributed by atoms with van der Waals surface area (Å²) in [5, 5.41) is 11.4. The maximum atomic E-state index is 12.1.